The van der Waals surface area contributed by atoms with Gasteiger partial charge in [0.1, 0.15) is 11.5 Å². The fourth-order valence-corrected chi connectivity index (χ4v) is 5.04. The van der Waals surface area contributed by atoms with Crippen LogP contribution in [0.1, 0.15) is 68.9 Å². The average molecular weight is 607 g/mol. The summed E-state index contributed by atoms with van der Waals surface area (Å²) in [5.41, 5.74) is 4.20. The van der Waals surface area contributed by atoms with E-state index in [0.29, 0.717) is 26.1 Å². The van der Waals surface area contributed by atoms with E-state index in [1.807, 2.05) is 60.7 Å². The third-order valence-corrected chi connectivity index (χ3v) is 7.53. The van der Waals surface area contributed by atoms with Crippen molar-refractivity contribution in [2.24, 2.45) is 0 Å². The topological polar surface area (TPSA) is 76.7 Å². The molecule has 0 radical (unpaired) electrons. The summed E-state index contributed by atoms with van der Waals surface area (Å²) in [4.78, 5) is 24.7. The van der Waals surface area contributed by atoms with Crippen LogP contribution in [0.25, 0.3) is 0 Å². The van der Waals surface area contributed by atoms with Gasteiger partial charge in [-0.2, -0.15) is 0 Å². The summed E-state index contributed by atoms with van der Waals surface area (Å²) in [5.74, 6) is 1.66. The molecule has 0 heterocycles. The minimum Gasteiger partial charge on any atom is -0.494 e. The second kappa shape index (κ2) is 19.6. The van der Waals surface area contributed by atoms with Crippen molar-refractivity contribution in [1.82, 2.24) is 0 Å². The van der Waals surface area contributed by atoms with E-state index in [1.54, 1.807) is 0 Å². The number of anilines is 2. The van der Waals surface area contributed by atoms with E-state index in [1.165, 1.54) is 11.1 Å². The molecule has 0 aliphatic rings. The van der Waals surface area contributed by atoms with E-state index in [0.717, 1.165) is 80.7 Å². The molecule has 2 N–H and O–H groups in total. The van der Waals surface area contributed by atoms with E-state index in [-0.39, 0.29) is 11.8 Å². The molecule has 6 heteroatoms. The number of amides is 2. The molecule has 2 amide bonds. The van der Waals surface area contributed by atoms with Gasteiger partial charge in [0.2, 0.25) is 11.8 Å². The van der Waals surface area contributed by atoms with Crippen molar-refractivity contribution in [1.29, 1.82) is 0 Å². The molecule has 6 nitrogen and oxygen atoms in total. The summed E-state index contributed by atoms with van der Waals surface area (Å²) >= 11 is 0. The summed E-state index contributed by atoms with van der Waals surface area (Å²) in [5, 5.41) is 5.93. The number of carbonyl (C=O) groups is 2. The molecule has 0 bridgehead atoms. The fraction of sp³-hybridized carbons (Fsp3) is 0.333. The first-order chi connectivity index (χ1) is 22.1. The first-order valence-electron chi connectivity index (χ1n) is 16.3. The molecule has 4 aromatic carbocycles. The van der Waals surface area contributed by atoms with Crippen LogP contribution in [-0.4, -0.2) is 25.0 Å². The Morgan fingerprint density at radius 2 is 0.822 bits per heavy atom. The Bertz CT molecular complexity index is 1280. The predicted molar refractivity (Wildman–Crippen MR) is 183 cm³/mol. The van der Waals surface area contributed by atoms with Gasteiger partial charge >= 0.3 is 0 Å². The molecule has 0 aliphatic carbocycles. The molecule has 0 saturated carbocycles. The van der Waals surface area contributed by atoms with Crippen LogP contribution in [0, 0.1) is 0 Å². The van der Waals surface area contributed by atoms with Crippen LogP contribution in [0.4, 0.5) is 11.4 Å². The molecule has 0 unspecified atom stereocenters. The van der Waals surface area contributed by atoms with E-state index >= 15 is 0 Å². The van der Waals surface area contributed by atoms with Gasteiger partial charge in [-0.3, -0.25) is 9.59 Å². The van der Waals surface area contributed by atoms with Gasteiger partial charge in [-0.25, -0.2) is 0 Å². The zero-order valence-electron chi connectivity index (χ0n) is 26.2. The Kier molecular flexibility index (Phi) is 14.5. The Morgan fingerprint density at radius 1 is 0.444 bits per heavy atom. The third kappa shape index (κ3) is 13.7. The number of hydrogen-bond donors (Lipinski definition) is 2. The Morgan fingerprint density at radius 3 is 1.22 bits per heavy atom. The second-order valence-electron chi connectivity index (χ2n) is 11.3. The van der Waals surface area contributed by atoms with Crippen molar-refractivity contribution in [3.63, 3.8) is 0 Å². The van der Waals surface area contributed by atoms with Gasteiger partial charge in [0.25, 0.3) is 0 Å². The quantitative estimate of drug-likeness (QED) is 0.0985. The number of rotatable bonds is 20. The van der Waals surface area contributed by atoms with Gasteiger partial charge < -0.3 is 20.1 Å². The molecule has 4 rings (SSSR count). The Hall–Kier alpha value is -4.58. The highest BCUT2D eigenvalue weighted by molar-refractivity contribution is 5.91. The lowest BCUT2D eigenvalue weighted by molar-refractivity contribution is -0.117. The molecule has 236 valence electrons. The summed E-state index contributed by atoms with van der Waals surface area (Å²) in [6, 6.07) is 35.9. The highest BCUT2D eigenvalue weighted by Gasteiger charge is 2.05. The van der Waals surface area contributed by atoms with Crippen LogP contribution in [0.3, 0.4) is 0 Å². The van der Waals surface area contributed by atoms with Crippen molar-refractivity contribution in [3.8, 4) is 11.5 Å². The Labute approximate surface area is 268 Å². The van der Waals surface area contributed by atoms with Gasteiger partial charge in [-0.15, -0.1) is 0 Å². The average Bonchev–Trinajstić information content (AvgIpc) is 3.07. The summed E-state index contributed by atoms with van der Waals surface area (Å²) in [6.07, 6.45) is 9.49. The largest absolute Gasteiger partial charge is 0.494 e. The molecule has 4 aromatic rings. The Balaban J connectivity index is 0.977. The maximum absolute atomic E-state index is 12.3. The van der Waals surface area contributed by atoms with E-state index in [2.05, 4.69) is 59.2 Å². The second-order valence-corrected chi connectivity index (χ2v) is 11.3. The molecule has 45 heavy (non-hydrogen) atoms. The SMILES string of the molecule is O=C(CCCCCCCC(=O)Nc1ccc(OCCCc2ccccc2)cc1)Nc1ccc(OCCCc2ccccc2)cc1. The standard InChI is InChI=1S/C39H46N2O4/c42-38(40-34-22-26-36(27-23-34)44-30-12-18-32-14-6-4-7-15-32)20-10-2-1-3-11-21-39(43)41-35-24-28-37(29-25-35)45-31-13-19-33-16-8-5-9-17-33/h4-9,14-17,22-29H,1-3,10-13,18-21,30-31H2,(H,40,42)(H,41,43). The van der Waals surface area contributed by atoms with Crippen LogP contribution in [0.2, 0.25) is 0 Å². The monoisotopic (exact) mass is 606 g/mol. The lowest BCUT2D eigenvalue weighted by atomic mass is 10.1. The highest BCUT2D eigenvalue weighted by Crippen LogP contribution is 2.19. The normalized spacial score (nSPS) is 10.7. The van der Waals surface area contributed by atoms with Crippen LogP contribution < -0.4 is 20.1 Å². The van der Waals surface area contributed by atoms with Crippen molar-refractivity contribution < 1.29 is 19.1 Å². The van der Waals surface area contributed by atoms with Crippen molar-refractivity contribution in [2.45, 2.75) is 70.6 Å². The molecule has 0 aliphatic heterocycles. The van der Waals surface area contributed by atoms with Crippen molar-refractivity contribution in [2.75, 3.05) is 23.8 Å². The maximum atomic E-state index is 12.3. The van der Waals surface area contributed by atoms with Crippen LogP contribution in [-0.2, 0) is 22.4 Å². The van der Waals surface area contributed by atoms with Crippen molar-refractivity contribution >= 4 is 23.2 Å². The molecule has 0 fully saturated rings. The molecular weight excluding hydrogens is 560 g/mol. The zero-order chi connectivity index (χ0) is 31.4. The number of ether oxygens (including phenoxy) is 2. The van der Waals surface area contributed by atoms with Gasteiger partial charge in [-0.05, 0) is 98.2 Å². The summed E-state index contributed by atoms with van der Waals surface area (Å²) in [6.45, 7) is 1.32. The lowest BCUT2D eigenvalue weighted by Crippen LogP contribution is -2.11. The number of benzene rings is 4. The molecule has 0 saturated heterocycles. The van der Waals surface area contributed by atoms with Crippen molar-refractivity contribution in [3.05, 3.63) is 120 Å². The highest BCUT2D eigenvalue weighted by atomic mass is 16.5. The predicted octanol–water partition coefficient (Wildman–Crippen LogP) is 9.02. The number of unbranched alkanes of at least 4 members (excludes halogenated alkanes) is 4. The maximum Gasteiger partial charge on any atom is 0.224 e. The van der Waals surface area contributed by atoms with Crippen LogP contribution in [0.5, 0.6) is 11.5 Å². The number of nitrogens with one attached hydrogen (secondary N) is 2. The first-order valence-corrected chi connectivity index (χ1v) is 16.3. The van der Waals surface area contributed by atoms with Gasteiger partial charge in [-0.1, -0.05) is 79.9 Å². The van der Waals surface area contributed by atoms with E-state index in [9.17, 15) is 9.59 Å². The molecule has 0 aromatic heterocycles. The van der Waals surface area contributed by atoms with E-state index < -0.39 is 0 Å². The van der Waals surface area contributed by atoms with Crippen LogP contribution in [0.15, 0.2) is 109 Å². The van der Waals surface area contributed by atoms with Gasteiger partial charge in [0.15, 0.2) is 0 Å². The number of aryl methyl sites for hydroxylation is 2. The molecule has 0 atom stereocenters. The van der Waals surface area contributed by atoms with Gasteiger partial charge in [0.05, 0.1) is 13.2 Å². The minimum atomic E-state index is 0.0227. The number of hydrogen-bond acceptors (Lipinski definition) is 4. The molecular formula is C39H46N2O4. The molecule has 0 spiro atoms. The fourth-order valence-electron chi connectivity index (χ4n) is 5.04. The first kappa shape index (κ1) is 33.3. The smallest absolute Gasteiger partial charge is 0.224 e. The zero-order valence-corrected chi connectivity index (χ0v) is 26.2. The summed E-state index contributed by atoms with van der Waals surface area (Å²) < 4.78 is 11.7. The minimum absolute atomic E-state index is 0.0227. The van der Waals surface area contributed by atoms with Gasteiger partial charge in [0, 0.05) is 24.2 Å². The lowest BCUT2D eigenvalue weighted by Gasteiger charge is -2.09. The third-order valence-electron chi connectivity index (χ3n) is 7.53. The van der Waals surface area contributed by atoms with E-state index in [4.69, 9.17) is 9.47 Å². The van der Waals surface area contributed by atoms with Crippen LogP contribution >= 0.6 is 0 Å². The number of carbonyl (C=O) groups excluding carboxylic acids is 2. The summed E-state index contributed by atoms with van der Waals surface area (Å²) in [7, 11) is 0.